The van der Waals surface area contributed by atoms with Gasteiger partial charge in [0.1, 0.15) is 5.82 Å². The van der Waals surface area contributed by atoms with E-state index in [2.05, 4.69) is 44.8 Å². The minimum absolute atomic E-state index is 0.129. The number of nitrogens with zero attached hydrogens (tertiary/aromatic N) is 3. The van der Waals surface area contributed by atoms with Crippen LogP contribution in [0.25, 0.3) is 0 Å². The molecule has 23 heavy (non-hydrogen) atoms. The molecule has 7 nitrogen and oxygen atoms in total. The molecule has 1 aromatic carbocycles. The average Bonchev–Trinajstić information content (AvgIpc) is 2.98. The number of nitrogens with one attached hydrogen (secondary N) is 2. The molecule has 0 bridgehead atoms. The number of rotatable bonds is 7. The summed E-state index contributed by atoms with van der Waals surface area (Å²) < 4.78 is 0. The minimum Gasteiger partial charge on any atom is -0.367 e. The van der Waals surface area contributed by atoms with Crippen LogP contribution in [0.4, 0.5) is 10.7 Å². The molecule has 0 atom stereocenters. The summed E-state index contributed by atoms with van der Waals surface area (Å²) >= 11 is 1.70. The van der Waals surface area contributed by atoms with Gasteiger partial charge in [0.2, 0.25) is 5.95 Å². The summed E-state index contributed by atoms with van der Waals surface area (Å²) in [6.45, 7) is 3.59. The molecule has 0 aliphatic rings. The molecular formula is C15H22N6OS. The topological polar surface area (TPSA) is 99.9 Å². The van der Waals surface area contributed by atoms with Gasteiger partial charge in [0.05, 0.1) is 6.54 Å². The first-order valence-electron chi connectivity index (χ1n) is 7.44. The largest absolute Gasteiger partial charge is 0.367 e. The zero-order chi connectivity index (χ0) is 16.7. The summed E-state index contributed by atoms with van der Waals surface area (Å²) in [5.74, 6) is 0.713. The van der Waals surface area contributed by atoms with Crippen LogP contribution in [0.5, 0.6) is 0 Å². The van der Waals surface area contributed by atoms with Crippen LogP contribution in [-0.2, 0) is 13.1 Å². The Morgan fingerprint density at radius 2 is 2.13 bits per heavy atom. The van der Waals surface area contributed by atoms with E-state index in [1.807, 2.05) is 13.2 Å². The Morgan fingerprint density at radius 1 is 1.39 bits per heavy atom. The molecule has 0 aliphatic heterocycles. The van der Waals surface area contributed by atoms with Crippen molar-refractivity contribution in [1.29, 1.82) is 0 Å². The number of hydrogen-bond donors (Lipinski definition) is 3. The normalized spacial score (nSPS) is 10.5. The van der Waals surface area contributed by atoms with E-state index in [1.54, 1.807) is 16.7 Å². The van der Waals surface area contributed by atoms with Crippen molar-refractivity contribution in [3.63, 3.8) is 0 Å². The lowest BCUT2D eigenvalue weighted by atomic mass is 10.2. The molecular weight excluding hydrogens is 312 g/mol. The third-order valence-corrected chi connectivity index (χ3v) is 4.01. The molecule has 4 N–H and O–H groups in total. The van der Waals surface area contributed by atoms with E-state index < -0.39 is 0 Å². The molecule has 2 amide bonds. The van der Waals surface area contributed by atoms with Crippen LogP contribution in [-0.4, -0.2) is 38.9 Å². The fourth-order valence-corrected chi connectivity index (χ4v) is 2.54. The summed E-state index contributed by atoms with van der Waals surface area (Å²) in [7, 11) is 0. The van der Waals surface area contributed by atoms with Crippen molar-refractivity contribution in [2.24, 2.45) is 0 Å². The summed E-state index contributed by atoms with van der Waals surface area (Å²) in [6.07, 6.45) is 2.94. The van der Waals surface area contributed by atoms with Gasteiger partial charge in [0.25, 0.3) is 0 Å². The Morgan fingerprint density at radius 3 is 2.70 bits per heavy atom. The van der Waals surface area contributed by atoms with E-state index >= 15 is 0 Å². The van der Waals surface area contributed by atoms with Crippen molar-refractivity contribution in [2.75, 3.05) is 18.5 Å². The zero-order valence-corrected chi connectivity index (χ0v) is 14.2. The predicted octanol–water partition coefficient (Wildman–Crippen LogP) is 2.23. The van der Waals surface area contributed by atoms with Gasteiger partial charge in [-0.2, -0.15) is 4.98 Å². The lowest BCUT2D eigenvalue weighted by Crippen LogP contribution is -2.39. The van der Waals surface area contributed by atoms with Gasteiger partial charge in [-0.05, 0) is 30.4 Å². The van der Waals surface area contributed by atoms with Crippen molar-refractivity contribution in [2.45, 2.75) is 31.3 Å². The van der Waals surface area contributed by atoms with Gasteiger partial charge >= 0.3 is 6.03 Å². The van der Waals surface area contributed by atoms with Gasteiger partial charge in [-0.3, -0.25) is 5.10 Å². The maximum atomic E-state index is 12.4. The number of carbonyl (C=O) groups excluding carboxylic acids is 1. The zero-order valence-electron chi connectivity index (χ0n) is 13.4. The molecule has 0 radical (unpaired) electrons. The number of hydrogen-bond acceptors (Lipinski definition) is 5. The minimum atomic E-state index is -0.129. The van der Waals surface area contributed by atoms with E-state index in [1.165, 1.54) is 4.90 Å². The van der Waals surface area contributed by atoms with Gasteiger partial charge in [-0.1, -0.05) is 19.1 Å². The molecule has 0 fully saturated rings. The Labute approximate surface area is 140 Å². The number of aromatic amines is 1. The van der Waals surface area contributed by atoms with Crippen LogP contribution >= 0.6 is 11.8 Å². The van der Waals surface area contributed by atoms with Crippen molar-refractivity contribution >= 4 is 23.7 Å². The quantitative estimate of drug-likeness (QED) is 0.674. The van der Waals surface area contributed by atoms with Crippen LogP contribution in [0.3, 0.4) is 0 Å². The van der Waals surface area contributed by atoms with E-state index in [-0.39, 0.29) is 18.5 Å². The number of anilines is 1. The summed E-state index contributed by atoms with van der Waals surface area (Å²) in [6, 6.07) is 8.12. The molecule has 2 aromatic rings. The fourth-order valence-electron chi connectivity index (χ4n) is 2.13. The van der Waals surface area contributed by atoms with Crippen molar-refractivity contribution in [3.8, 4) is 0 Å². The number of thioether (sulfide) groups is 1. The Bertz CT molecular complexity index is 627. The number of amides is 2. The number of nitrogen functional groups attached to an aromatic ring is 1. The summed E-state index contributed by atoms with van der Waals surface area (Å²) in [5.41, 5.74) is 6.55. The average molecular weight is 334 g/mol. The maximum Gasteiger partial charge on any atom is 0.318 e. The first kappa shape index (κ1) is 17.1. The lowest BCUT2D eigenvalue weighted by molar-refractivity contribution is 0.194. The highest BCUT2D eigenvalue weighted by atomic mass is 32.2. The van der Waals surface area contributed by atoms with Crippen LogP contribution in [0, 0.1) is 0 Å². The van der Waals surface area contributed by atoms with E-state index in [0.717, 1.165) is 12.0 Å². The molecule has 1 aromatic heterocycles. The molecule has 0 unspecified atom stereocenters. The van der Waals surface area contributed by atoms with Gasteiger partial charge < -0.3 is 16.0 Å². The van der Waals surface area contributed by atoms with Crippen LogP contribution in [0.15, 0.2) is 29.2 Å². The molecule has 0 spiro atoms. The predicted molar refractivity (Wildman–Crippen MR) is 92.0 cm³/mol. The highest BCUT2D eigenvalue weighted by Crippen LogP contribution is 2.16. The molecule has 1 heterocycles. The van der Waals surface area contributed by atoms with Gasteiger partial charge in [0.15, 0.2) is 0 Å². The number of benzene rings is 1. The standard InChI is InChI=1S/C15H22N6OS/c1-3-8-21(10-11-4-6-12(23-2)7-5-11)15(22)17-9-13-18-14(16)20-19-13/h4-7H,3,8-10H2,1-2H3,(H,17,22)(H3,16,18,19,20). The van der Waals surface area contributed by atoms with Gasteiger partial charge in [-0.15, -0.1) is 16.9 Å². The van der Waals surface area contributed by atoms with Crippen molar-refractivity contribution in [1.82, 2.24) is 25.4 Å². The molecule has 124 valence electrons. The third kappa shape index (κ3) is 5.17. The monoisotopic (exact) mass is 334 g/mol. The second kappa shape index (κ2) is 8.42. The van der Waals surface area contributed by atoms with Crippen molar-refractivity contribution < 1.29 is 4.79 Å². The first-order chi connectivity index (χ1) is 11.1. The van der Waals surface area contributed by atoms with Gasteiger partial charge in [-0.25, -0.2) is 4.79 Å². The van der Waals surface area contributed by atoms with Gasteiger partial charge in [0, 0.05) is 18.0 Å². The molecule has 0 saturated heterocycles. The Hall–Kier alpha value is -2.22. The molecule has 8 heteroatoms. The maximum absolute atomic E-state index is 12.4. The van der Waals surface area contributed by atoms with E-state index in [9.17, 15) is 4.79 Å². The SMILES string of the molecule is CCCN(Cc1ccc(SC)cc1)C(=O)NCc1nc(N)n[nH]1. The van der Waals surface area contributed by atoms with Crippen LogP contribution in [0.1, 0.15) is 24.7 Å². The second-order valence-electron chi connectivity index (χ2n) is 5.07. The van der Waals surface area contributed by atoms with Crippen LogP contribution < -0.4 is 11.1 Å². The number of aromatic nitrogens is 3. The first-order valence-corrected chi connectivity index (χ1v) is 8.67. The van der Waals surface area contributed by atoms with Crippen LogP contribution in [0.2, 0.25) is 0 Å². The highest BCUT2D eigenvalue weighted by molar-refractivity contribution is 7.98. The molecule has 2 rings (SSSR count). The fraction of sp³-hybridized carbons (Fsp3) is 0.400. The number of urea groups is 1. The molecule has 0 aliphatic carbocycles. The lowest BCUT2D eigenvalue weighted by Gasteiger charge is -2.22. The second-order valence-corrected chi connectivity index (χ2v) is 5.95. The van der Waals surface area contributed by atoms with E-state index in [0.29, 0.717) is 18.9 Å². The smallest absolute Gasteiger partial charge is 0.318 e. The summed E-state index contributed by atoms with van der Waals surface area (Å²) in [4.78, 5) is 19.3. The number of carbonyl (C=O) groups is 1. The highest BCUT2D eigenvalue weighted by Gasteiger charge is 2.13. The third-order valence-electron chi connectivity index (χ3n) is 3.27. The Balaban J connectivity index is 1.94. The Kier molecular flexibility index (Phi) is 6.28. The number of nitrogens with two attached hydrogens (primary N) is 1. The summed E-state index contributed by atoms with van der Waals surface area (Å²) in [5, 5.41) is 9.24. The van der Waals surface area contributed by atoms with E-state index in [4.69, 9.17) is 5.73 Å². The number of H-pyrrole nitrogens is 1. The molecule has 0 saturated carbocycles. The van der Waals surface area contributed by atoms with Crippen molar-refractivity contribution in [3.05, 3.63) is 35.7 Å².